The number of carbonyl (C=O) groups excluding carboxylic acids is 1. The molecule has 31 heavy (non-hydrogen) atoms. The molecule has 1 unspecified atom stereocenters. The summed E-state index contributed by atoms with van der Waals surface area (Å²) < 4.78 is 18.7. The molecule has 0 aliphatic rings. The van der Waals surface area contributed by atoms with E-state index < -0.39 is 11.9 Å². The zero-order valence-corrected chi connectivity index (χ0v) is 17.2. The van der Waals surface area contributed by atoms with Crippen molar-refractivity contribution in [2.75, 3.05) is 19.5 Å². The lowest BCUT2D eigenvalue weighted by atomic mass is 9.95. The number of ether oxygens (including phenoxy) is 1. The van der Waals surface area contributed by atoms with Gasteiger partial charge in [0, 0.05) is 24.9 Å². The van der Waals surface area contributed by atoms with Crippen LogP contribution in [0.1, 0.15) is 17.2 Å². The maximum atomic E-state index is 13.5. The summed E-state index contributed by atoms with van der Waals surface area (Å²) in [5.41, 5.74) is 8.76. The summed E-state index contributed by atoms with van der Waals surface area (Å²) in [6, 6.07) is 15.8. The van der Waals surface area contributed by atoms with Crippen molar-refractivity contribution in [1.29, 1.82) is 0 Å². The maximum absolute atomic E-state index is 13.5. The topological polar surface area (TPSA) is 89.6 Å². The number of Topliss-reactive ketones (excluding diaryl/α,β-unsaturated/α-hetero) is 1. The van der Waals surface area contributed by atoms with E-state index in [1.807, 2.05) is 30.3 Å². The molecule has 6 nitrogen and oxygen atoms in total. The van der Waals surface area contributed by atoms with Crippen LogP contribution in [0.15, 0.2) is 83.7 Å². The number of nitrogens with zero attached hydrogens (tertiary/aromatic N) is 2. The molecule has 1 aromatic heterocycles. The SMILES string of the molecule is CN=CC(=C(N)C(=O)C(Nc1cncc(OC)c1)c1ccc(F)cc1)c1ccccc1. The first-order chi connectivity index (χ1) is 15.0. The van der Waals surface area contributed by atoms with Gasteiger partial charge in [-0.25, -0.2) is 4.39 Å². The van der Waals surface area contributed by atoms with Crippen molar-refractivity contribution >= 4 is 23.3 Å². The highest BCUT2D eigenvalue weighted by molar-refractivity contribution is 6.20. The number of ketones is 1. The minimum absolute atomic E-state index is 0.0366. The van der Waals surface area contributed by atoms with Crippen LogP contribution in [0.5, 0.6) is 5.75 Å². The van der Waals surface area contributed by atoms with E-state index in [1.165, 1.54) is 19.2 Å². The molecule has 3 rings (SSSR count). The summed E-state index contributed by atoms with van der Waals surface area (Å²) in [5.74, 6) is -0.250. The monoisotopic (exact) mass is 418 g/mol. The van der Waals surface area contributed by atoms with Crippen LogP contribution in [-0.2, 0) is 4.79 Å². The molecule has 2 aromatic carbocycles. The van der Waals surface area contributed by atoms with Crippen LogP contribution in [0, 0.1) is 5.82 Å². The minimum Gasteiger partial charge on any atom is -0.495 e. The Labute approximate surface area is 180 Å². The summed E-state index contributed by atoms with van der Waals surface area (Å²) in [6.45, 7) is 0. The third kappa shape index (κ3) is 5.33. The van der Waals surface area contributed by atoms with Gasteiger partial charge in [-0.1, -0.05) is 42.5 Å². The van der Waals surface area contributed by atoms with E-state index in [0.717, 1.165) is 5.56 Å². The van der Waals surface area contributed by atoms with Gasteiger partial charge in [0.05, 0.1) is 30.9 Å². The summed E-state index contributed by atoms with van der Waals surface area (Å²) in [5, 5.41) is 3.15. The van der Waals surface area contributed by atoms with Crippen LogP contribution in [0.3, 0.4) is 0 Å². The number of carbonyl (C=O) groups is 1. The Morgan fingerprint density at radius 1 is 1.16 bits per heavy atom. The number of aliphatic imine (C=N–C) groups is 1. The molecule has 0 aliphatic carbocycles. The molecule has 0 amide bonds. The summed E-state index contributed by atoms with van der Waals surface area (Å²) in [6.07, 6.45) is 4.68. The van der Waals surface area contributed by atoms with E-state index in [4.69, 9.17) is 10.5 Å². The number of nitrogens with one attached hydrogen (secondary N) is 1. The number of nitrogens with two attached hydrogens (primary N) is 1. The molecule has 0 bridgehead atoms. The lowest BCUT2D eigenvalue weighted by Gasteiger charge is -2.21. The fourth-order valence-corrected chi connectivity index (χ4v) is 3.07. The molecule has 3 N–H and O–H groups in total. The van der Waals surface area contributed by atoms with Crippen LogP contribution in [0.2, 0.25) is 0 Å². The Bertz CT molecular complexity index is 1100. The third-order valence-electron chi connectivity index (χ3n) is 4.62. The molecule has 1 atom stereocenters. The zero-order chi connectivity index (χ0) is 22.2. The number of methoxy groups -OCH3 is 1. The van der Waals surface area contributed by atoms with Gasteiger partial charge < -0.3 is 15.8 Å². The van der Waals surface area contributed by atoms with Gasteiger partial charge in [-0.05, 0) is 23.3 Å². The number of hydrogen-bond acceptors (Lipinski definition) is 6. The quantitative estimate of drug-likeness (QED) is 0.426. The van der Waals surface area contributed by atoms with Gasteiger partial charge in [0.2, 0.25) is 5.78 Å². The van der Waals surface area contributed by atoms with Gasteiger partial charge in [0.1, 0.15) is 17.6 Å². The summed E-state index contributed by atoms with van der Waals surface area (Å²) >= 11 is 0. The van der Waals surface area contributed by atoms with E-state index in [9.17, 15) is 9.18 Å². The van der Waals surface area contributed by atoms with E-state index in [0.29, 0.717) is 22.6 Å². The molecular weight excluding hydrogens is 395 g/mol. The maximum Gasteiger partial charge on any atom is 0.205 e. The molecule has 7 heteroatoms. The second-order valence-corrected chi connectivity index (χ2v) is 6.69. The Kier molecular flexibility index (Phi) is 7.11. The molecular formula is C24H23FN4O2. The van der Waals surface area contributed by atoms with Gasteiger partial charge in [0.15, 0.2) is 0 Å². The number of aromatic nitrogens is 1. The fourth-order valence-electron chi connectivity index (χ4n) is 3.07. The van der Waals surface area contributed by atoms with E-state index in [-0.39, 0.29) is 11.5 Å². The number of pyridine rings is 1. The normalized spacial score (nSPS) is 12.9. The Morgan fingerprint density at radius 2 is 1.87 bits per heavy atom. The summed E-state index contributed by atoms with van der Waals surface area (Å²) in [7, 11) is 3.14. The van der Waals surface area contributed by atoms with Crippen LogP contribution in [0.25, 0.3) is 5.57 Å². The van der Waals surface area contributed by atoms with Gasteiger partial charge >= 0.3 is 0 Å². The average Bonchev–Trinajstić information content (AvgIpc) is 2.81. The number of benzene rings is 2. The van der Waals surface area contributed by atoms with Crippen LogP contribution < -0.4 is 15.8 Å². The number of hydrogen-bond donors (Lipinski definition) is 2. The van der Waals surface area contributed by atoms with Gasteiger partial charge in [-0.2, -0.15) is 0 Å². The summed E-state index contributed by atoms with van der Waals surface area (Å²) in [4.78, 5) is 21.7. The first kappa shape index (κ1) is 21.7. The number of allylic oxidation sites excluding steroid dienone is 1. The Morgan fingerprint density at radius 3 is 2.52 bits per heavy atom. The van der Waals surface area contributed by atoms with Crippen molar-refractivity contribution in [2.45, 2.75) is 6.04 Å². The van der Waals surface area contributed by atoms with Crippen molar-refractivity contribution in [3.8, 4) is 5.75 Å². The van der Waals surface area contributed by atoms with Crippen molar-refractivity contribution in [3.05, 3.63) is 95.7 Å². The number of halogens is 1. The molecule has 1 heterocycles. The standard InChI is InChI=1S/C24H23FN4O2/c1-27-15-21(16-6-4-3-5-7-16)22(26)24(30)23(17-8-10-18(25)11-9-17)29-19-12-20(31-2)14-28-13-19/h3-15,23,29H,26H2,1-2H3. The van der Waals surface area contributed by atoms with Crippen molar-refractivity contribution in [3.63, 3.8) is 0 Å². The van der Waals surface area contributed by atoms with Crippen molar-refractivity contribution in [2.24, 2.45) is 10.7 Å². The van der Waals surface area contributed by atoms with Crippen LogP contribution in [0.4, 0.5) is 10.1 Å². The van der Waals surface area contributed by atoms with Gasteiger partial charge in [-0.15, -0.1) is 0 Å². The molecule has 0 radical (unpaired) electrons. The lowest BCUT2D eigenvalue weighted by molar-refractivity contribution is -0.116. The zero-order valence-electron chi connectivity index (χ0n) is 17.2. The first-order valence-corrected chi connectivity index (χ1v) is 9.56. The molecule has 3 aromatic rings. The predicted molar refractivity (Wildman–Crippen MR) is 121 cm³/mol. The highest BCUT2D eigenvalue weighted by Crippen LogP contribution is 2.26. The Hall–Kier alpha value is -4.00. The third-order valence-corrected chi connectivity index (χ3v) is 4.62. The van der Waals surface area contributed by atoms with Crippen molar-refractivity contribution in [1.82, 2.24) is 4.98 Å². The van der Waals surface area contributed by atoms with Crippen LogP contribution in [-0.4, -0.2) is 31.1 Å². The molecule has 0 fully saturated rings. The minimum atomic E-state index is -0.876. The second kappa shape index (κ2) is 10.2. The molecule has 0 saturated heterocycles. The fraction of sp³-hybridized carbons (Fsp3) is 0.125. The molecule has 0 spiro atoms. The van der Waals surface area contributed by atoms with Gasteiger partial charge in [-0.3, -0.25) is 14.8 Å². The molecule has 0 aliphatic heterocycles. The molecule has 0 saturated carbocycles. The van der Waals surface area contributed by atoms with Crippen LogP contribution >= 0.6 is 0 Å². The van der Waals surface area contributed by atoms with E-state index in [2.05, 4.69) is 15.3 Å². The first-order valence-electron chi connectivity index (χ1n) is 9.56. The number of anilines is 1. The highest BCUT2D eigenvalue weighted by Gasteiger charge is 2.25. The van der Waals surface area contributed by atoms with E-state index in [1.54, 1.807) is 43.9 Å². The predicted octanol–water partition coefficient (Wildman–Crippen LogP) is 4.02. The van der Waals surface area contributed by atoms with E-state index >= 15 is 0 Å². The smallest absolute Gasteiger partial charge is 0.205 e. The van der Waals surface area contributed by atoms with Crippen molar-refractivity contribution < 1.29 is 13.9 Å². The lowest BCUT2D eigenvalue weighted by Crippen LogP contribution is -2.27. The van der Waals surface area contributed by atoms with Gasteiger partial charge in [0.25, 0.3) is 0 Å². The highest BCUT2D eigenvalue weighted by atomic mass is 19.1. The number of rotatable bonds is 8. The second-order valence-electron chi connectivity index (χ2n) is 6.69. The largest absolute Gasteiger partial charge is 0.495 e. The Balaban J connectivity index is 2.06. The molecule has 158 valence electrons. The average molecular weight is 418 g/mol.